The predicted molar refractivity (Wildman–Crippen MR) is 76.7 cm³/mol. The van der Waals surface area contributed by atoms with Gasteiger partial charge in [-0.15, -0.1) is 26.8 Å². The second-order valence-electron chi connectivity index (χ2n) is 2.60. The van der Waals surface area contributed by atoms with Crippen LogP contribution in [0.25, 0.3) is 0 Å². The normalized spacial score (nSPS) is 16.7. The van der Waals surface area contributed by atoms with Gasteiger partial charge in [0.2, 0.25) is 0 Å². The average molecular weight is 279 g/mol. The molecule has 7 heteroatoms. The minimum absolute atomic E-state index is 0.119. The van der Waals surface area contributed by atoms with E-state index < -0.39 is 0 Å². The Bertz CT molecular complexity index is 162. The average Bonchev–Trinajstić information content (AvgIpc) is 1.85. The Balaban J connectivity index is 4.40. The summed E-state index contributed by atoms with van der Waals surface area (Å²) in [6.45, 7) is 1.59. The van der Waals surface area contributed by atoms with Crippen LogP contribution in [0.1, 0.15) is 6.92 Å². The van der Waals surface area contributed by atoms with Gasteiger partial charge in [-0.1, -0.05) is 0 Å². The van der Waals surface area contributed by atoms with Crippen LogP contribution in [0.3, 0.4) is 0 Å². The molecule has 0 aliphatic rings. The first-order chi connectivity index (χ1) is 5.37. The molecule has 0 bridgehead atoms. The summed E-state index contributed by atoms with van der Waals surface area (Å²) in [4.78, 5) is 11.6. The summed E-state index contributed by atoms with van der Waals surface area (Å²) in [6, 6.07) is 0. The molecule has 0 fully saturated rings. The Labute approximate surface area is 87.0 Å². The summed E-state index contributed by atoms with van der Waals surface area (Å²) in [7, 11) is 8.51. The van der Waals surface area contributed by atoms with E-state index >= 15 is 0 Å². The van der Waals surface area contributed by atoms with Crippen LogP contribution in [0.4, 0.5) is 0 Å². The van der Waals surface area contributed by atoms with Crippen LogP contribution in [0, 0.1) is 0 Å². The van der Waals surface area contributed by atoms with Crippen LogP contribution in [0.15, 0.2) is 0 Å². The van der Waals surface area contributed by atoms with Gasteiger partial charge in [0.1, 0.15) is 0 Å². The first-order valence-corrected chi connectivity index (χ1v) is 13.7. The summed E-state index contributed by atoms with van der Waals surface area (Å²) in [5.41, 5.74) is 0. The van der Waals surface area contributed by atoms with Crippen molar-refractivity contribution in [3.8, 4) is 0 Å². The quantitative estimate of drug-likeness (QED) is 0.571. The van der Waals surface area contributed by atoms with Crippen molar-refractivity contribution in [3.05, 3.63) is 0 Å². The lowest BCUT2D eigenvalue weighted by atomic mass is 10.5. The molecule has 72 valence electrons. The fourth-order valence-electron chi connectivity index (χ4n) is 0.855. The van der Waals surface area contributed by atoms with Gasteiger partial charge in [-0.2, -0.15) is 0 Å². The van der Waals surface area contributed by atoms with Gasteiger partial charge in [0.25, 0.3) is 0 Å². The summed E-state index contributed by atoms with van der Waals surface area (Å²) in [6.07, 6.45) is 4.30. The zero-order chi connectivity index (χ0) is 9.89. The molecule has 0 saturated carbocycles. The molecule has 0 N–H and O–H groups in total. The van der Waals surface area contributed by atoms with E-state index in [4.69, 9.17) is 0 Å². The smallest absolute Gasteiger partial charge is 0.200 e. The van der Waals surface area contributed by atoms with E-state index in [2.05, 4.69) is 39.3 Å². The maximum atomic E-state index is 11.3. The second kappa shape index (κ2) is 6.62. The van der Waals surface area contributed by atoms with E-state index in [0.717, 1.165) is 0 Å². The van der Waals surface area contributed by atoms with Gasteiger partial charge in [0.15, 0.2) is 10.8 Å². The first-order valence-electron chi connectivity index (χ1n) is 3.28. The monoisotopic (exact) mass is 279 g/mol. The van der Waals surface area contributed by atoms with Gasteiger partial charge in [0.05, 0.1) is 12.5 Å². The van der Waals surface area contributed by atoms with Gasteiger partial charge < -0.3 is 0 Å². The maximum Gasteiger partial charge on any atom is 0.200 e. The fraction of sp³-hybridized carbons (Fsp3) is 0.800. The molecular formula is C5H16OP5S+. The Kier molecular flexibility index (Phi) is 7.81. The molecule has 12 heavy (non-hydrogen) atoms. The molecule has 0 spiro atoms. The third-order valence-corrected chi connectivity index (χ3v) is 22.2. The molecule has 1 nitrogen and oxygen atoms in total. The van der Waals surface area contributed by atoms with Gasteiger partial charge in [-0.05, 0) is 17.9 Å². The largest absolute Gasteiger partial charge is 0.294 e. The van der Waals surface area contributed by atoms with Crippen LogP contribution >= 0.6 is 41.1 Å². The van der Waals surface area contributed by atoms with Gasteiger partial charge in [-0.25, -0.2) is 0 Å². The molecule has 0 aromatic rings. The first kappa shape index (κ1) is 14.2. The molecule has 0 aliphatic heterocycles. The van der Waals surface area contributed by atoms with E-state index in [1.807, 2.05) is 0 Å². The molecule has 5 unspecified atom stereocenters. The number of rotatable bonds is 4. The molecule has 0 aliphatic carbocycles. The molecule has 0 aromatic heterocycles. The molecule has 5 atom stereocenters. The van der Waals surface area contributed by atoms with E-state index in [-0.39, 0.29) is 30.2 Å². The van der Waals surface area contributed by atoms with Crippen LogP contribution in [-0.4, -0.2) is 23.3 Å². The van der Waals surface area contributed by atoms with Crippen molar-refractivity contribution in [2.75, 3.05) is 12.5 Å². The Morgan fingerprint density at radius 3 is 1.83 bits per heavy atom. The number of hydrogen-bond donors (Lipinski definition) is 0. The minimum Gasteiger partial charge on any atom is -0.294 e. The summed E-state index contributed by atoms with van der Waals surface area (Å²) >= 11 is 0. The lowest BCUT2D eigenvalue weighted by Crippen LogP contribution is -2.22. The molecule has 0 heterocycles. The zero-order valence-electron chi connectivity index (χ0n) is 7.52. The number of carbonyl (C=O) groups excluding carboxylic acids is 1. The number of carbonyl (C=O) groups is 1. The summed E-state index contributed by atoms with van der Waals surface area (Å²) < 4.78 is 0. The van der Waals surface area contributed by atoms with E-state index in [1.54, 1.807) is 6.92 Å². The third-order valence-electron chi connectivity index (χ3n) is 1.30. The standard InChI is InChI=1S/C5H16OP5S/c1-4(6)5(12(2)3)10(7)11(8)9/h5H,7-9H2,1-3H3/q+1. The topological polar surface area (TPSA) is 17.1 Å². The minimum atomic E-state index is -0.212. The van der Waals surface area contributed by atoms with Crippen molar-refractivity contribution in [3.63, 3.8) is 0 Å². The second-order valence-corrected chi connectivity index (χ2v) is 20.7. The molecule has 0 radical (unpaired) electrons. The highest BCUT2D eigenvalue weighted by atomic mass is 32.8. The molecule has 0 amide bonds. The van der Waals surface area contributed by atoms with Crippen molar-refractivity contribution >= 4 is 57.7 Å². The van der Waals surface area contributed by atoms with Crippen molar-refractivity contribution in [2.45, 2.75) is 11.9 Å². The van der Waals surface area contributed by atoms with Crippen LogP contribution in [-0.2, 0) is 15.7 Å². The summed E-state index contributed by atoms with van der Waals surface area (Å²) in [5, 5.41) is 0. The lowest BCUT2D eigenvalue weighted by Gasteiger charge is -2.21. The highest BCUT2D eigenvalue weighted by Crippen LogP contribution is 2.85. The Hall–Kier alpha value is 2.17. The number of ketones is 1. The van der Waals surface area contributed by atoms with E-state index in [1.165, 1.54) is 0 Å². The third kappa shape index (κ3) is 4.60. The molecule has 0 aromatic carbocycles. The predicted octanol–water partition coefficient (Wildman–Crippen LogP) is 3.03. The van der Waals surface area contributed by atoms with Crippen molar-refractivity contribution in [1.82, 2.24) is 0 Å². The number of hydrogen-bond acceptors (Lipinski definition) is 1. The lowest BCUT2D eigenvalue weighted by molar-refractivity contribution is -0.115. The highest BCUT2D eigenvalue weighted by Gasteiger charge is 2.34. The molecular weight excluding hydrogens is 263 g/mol. The van der Waals surface area contributed by atoms with Crippen molar-refractivity contribution in [2.24, 2.45) is 0 Å². The zero-order valence-corrected chi connectivity index (χ0v) is 13.6. The van der Waals surface area contributed by atoms with Gasteiger partial charge in [-0.3, -0.25) is 4.79 Å². The van der Waals surface area contributed by atoms with Crippen LogP contribution < -0.4 is 0 Å². The molecule has 0 saturated heterocycles. The van der Waals surface area contributed by atoms with Gasteiger partial charge >= 0.3 is 0 Å². The van der Waals surface area contributed by atoms with E-state index in [9.17, 15) is 4.79 Å². The Morgan fingerprint density at radius 1 is 1.33 bits per heavy atom. The van der Waals surface area contributed by atoms with Crippen molar-refractivity contribution in [1.29, 1.82) is 0 Å². The maximum absolute atomic E-state index is 11.3. The molecule has 0 rings (SSSR count). The van der Waals surface area contributed by atoms with E-state index in [0.29, 0.717) is 5.78 Å². The highest BCUT2D eigenvalue weighted by molar-refractivity contribution is 8.83. The summed E-state index contributed by atoms with van der Waals surface area (Å²) in [5.74, 6) is 0.349. The fourth-order valence-corrected chi connectivity index (χ4v) is 14.7. The van der Waals surface area contributed by atoms with Crippen molar-refractivity contribution < 1.29 is 4.79 Å². The van der Waals surface area contributed by atoms with Crippen LogP contribution in [0.5, 0.6) is 0 Å². The van der Waals surface area contributed by atoms with Crippen LogP contribution in [0.2, 0.25) is 0 Å². The SMILES string of the molecule is CC(=O)C(P(P)P(P)P)[S+](C)C. The Morgan fingerprint density at radius 2 is 1.75 bits per heavy atom. The van der Waals surface area contributed by atoms with Gasteiger partial charge in [0, 0.05) is 14.2 Å². The number of Topliss-reactive ketones (excluding diaryl/α,β-unsaturated/α-hetero) is 1.